The van der Waals surface area contributed by atoms with Crippen LogP contribution in [0.4, 0.5) is 0 Å². The first kappa shape index (κ1) is 14.6. The lowest BCUT2D eigenvalue weighted by atomic mass is 10.4. The van der Waals surface area contributed by atoms with Gasteiger partial charge in [-0.2, -0.15) is 0 Å². The van der Waals surface area contributed by atoms with Gasteiger partial charge in [0.1, 0.15) is 0 Å². The molecule has 0 bridgehead atoms. The molecular formula is C10H19N3O2S2. The van der Waals surface area contributed by atoms with Crippen molar-refractivity contribution in [2.24, 2.45) is 0 Å². The topological polar surface area (TPSA) is 61.4 Å². The van der Waals surface area contributed by atoms with Gasteiger partial charge in [0.05, 0.1) is 4.90 Å². The molecule has 0 atom stereocenters. The molecule has 98 valence electrons. The molecule has 5 nitrogen and oxygen atoms in total. The van der Waals surface area contributed by atoms with Crippen LogP contribution >= 0.6 is 11.3 Å². The van der Waals surface area contributed by atoms with E-state index in [2.05, 4.69) is 10.1 Å². The van der Waals surface area contributed by atoms with E-state index in [1.807, 2.05) is 13.8 Å². The van der Waals surface area contributed by atoms with Gasteiger partial charge in [-0.1, -0.05) is 6.92 Å². The maximum absolute atomic E-state index is 12.0. The Hall–Kier alpha value is -0.470. The fourth-order valence-electron chi connectivity index (χ4n) is 1.42. The summed E-state index contributed by atoms with van der Waals surface area (Å²) in [4.78, 5) is 4.65. The van der Waals surface area contributed by atoms with E-state index in [0.29, 0.717) is 11.4 Å². The van der Waals surface area contributed by atoms with Crippen molar-refractivity contribution in [1.82, 2.24) is 15.2 Å². The first-order chi connectivity index (χ1) is 7.86. The highest BCUT2D eigenvalue weighted by molar-refractivity contribution is 7.89. The van der Waals surface area contributed by atoms with E-state index >= 15 is 0 Å². The summed E-state index contributed by atoms with van der Waals surface area (Å²) in [6, 6.07) is 1.73. The minimum absolute atomic E-state index is 0.365. The maximum Gasteiger partial charge on any atom is 0.254 e. The molecule has 7 heteroatoms. The molecule has 1 heterocycles. The van der Waals surface area contributed by atoms with Crippen LogP contribution in [-0.4, -0.2) is 34.1 Å². The predicted molar refractivity (Wildman–Crippen MR) is 70.4 cm³/mol. The zero-order valence-electron chi connectivity index (χ0n) is 10.6. The molecule has 0 radical (unpaired) electrons. The van der Waals surface area contributed by atoms with Crippen molar-refractivity contribution < 1.29 is 8.42 Å². The minimum Gasteiger partial charge on any atom is -0.312 e. The molecule has 0 aliphatic heterocycles. The van der Waals surface area contributed by atoms with E-state index in [4.69, 9.17) is 0 Å². The Labute approximate surface area is 107 Å². The zero-order valence-corrected chi connectivity index (χ0v) is 12.2. The number of rotatable bonds is 6. The predicted octanol–water partition coefficient (Wildman–Crippen LogP) is 0.921. The van der Waals surface area contributed by atoms with Gasteiger partial charge in [0.2, 0.25) is 0 Å². The van der Waals surface area contributed by atoms with E-state index in [1.54, 1.807) is 20.2 Å². The number of aryl methyl sites for hydroxylation is 1. The fraction of sp³-hybridized carbons (Fsp3) is 0.600. The van der Waals surface area contributed by atoms with Crippen molar-refractivity contribution >= 4 is 21.4 Å². The SMILES string of the molecule is CCNCc1cc(S(=O)(=O)NN(C)C)c(C)s1. The molecule has 2 N–H and O–H groups in total. The number of nitrogens with zero attached hydrogens (tertiary/aromatic N) is 1. The Morgan fingerprint density at radius 3 is 2.59 bits per heavy atom. The molecule has 0 spiro atoms. The number of hydrazine groups is 1. The van der Waals surface area contributed by atoms with Gasteiger partial charge in [-0.3, -0.25) is 0 Å². The van der Waals surface area contributed by atoms with Crippen LogP contribution in [0.5, 0.6) is 0 Å². The Morgan fingerprint density at radius 2 is 2.06 bits per heavy atom. The Kier molecular flexibility index (Phi) is 5.08. The molecule has 0 amide bonds. The number of thiophene rings is 1. The van der Waals surface area contributed by atoms with Gasteiger partial charge < -0.3 is 5.32 Å². The van der Waals surface area contributed by atoms with Crippen LogP contribution in [0.2, 0.25) is 0 Å². The molecular weight excluding hydrogens is 258 g/mol. The van der Waals surface area contributed by atoms with E-state index in [1.165, 1.54) is 16.3 Å². The molecule has 0 aliphatic rings. The summed E-state index contributed by atoms with van der Waals surface area (Å²) in [5.41, 5.74) is 0. The maximum atomic E-state index is 12.0. The second-order valence-corrected chi connectivity index (χ2v) is 6.87. The Morgan fingerprint density at radius 1 is 1.41 bits per heavy atom. The summed E-state index contributed by atoms with van der Waals surface area (Å²) in [5.74, 6) is 0. The van der Waals surface area contributed by atoms with Gasteiger partial charge in [-0.05, 0) is 19.5 Å². The first-order valence-electron chi connectivity index (χ1n) is 5.36. The van der Waals surface area contributed by atoms with Gasteiger partial charge in [-0.25, -0.2) is 13.4 Å². The van der Waals surface area contributed by atoms with Crippen molar-refractivity contribution in [1.29, 1.82) is 0 Å². The van der Waals surface area contributed by atoms with Crippen molar-refractivity contribution in [2.75, 3.05) is 20.6 Å². The Bertz CT molecular complexity index is 466. The second-order valence-electron chi connectivity index (χ2n) is 3.90. The molecule has 0 saturated carbocycles. The van der Waals surface area contributed by atoms with Crippen molar-refractivity contribution in [3.8, 4) is 0 Å². The van der Waals surface area contributed by atoms with E-state index in [9.17, 15) is 8.42 Å². The monoisotopic (exact) mass is 277 g/mol. The summed E-state index contributed by atoms with van der Waals surface area (Å²) >= 11 is 1.51. The second kappa shape index (κ2) is 5.92. The van der Waals surface area contributed by atoms with Gasteiger partial charge in [0.25, 0.3) is 10.0 Å². The standard InChI is InChI=1S/C10H19N3O2S2/c1-5-11-7-9-6-10(8(2)16-9)17(14,15)12-13(3)4/h6,11-12H,5,7H2,1-4H3. The lowest BCUT2D eigenvalue weighted by molar-refractivity contribution is 0.364. The van der Waals surface area contributed by atoms with Crippen LogP contribution in [0.1, 0.15) is 16.7 Å². The summed E-state index contributed by atoms with van der Waals surface area (Å²) < 4.78 is 24.0. The number of nitrogens with one attached hydrogen (secondary N) is 2. The van der Waals surface area contributed by atoms with Crippen molar-refractivity contribution in [3.05, 3.63) is 15.8 Å². The van der Waals surface area contributed by atoms with Crippen LogP contribution in [0.25, 0.3) is 0 Å². The summed E-state index contributed by atoms with van der Waals surface area (Å²) in [7, 11) is -0.133. The molecule has 1 rings (SSSR count). The average molecular weight is 277 g/mol. The van der Waals surface area contributed by atoms with Gasteiger partial charge >= 0.3 is 0 Å². The van der Waals surface area contributed by atoms with E-state index in [0.717, 1.165) is 16.3 Å². The highest BCUT2D eigenvalue weighted by Gasteiger charge is 2.20. The van der Waals surface area contributed by atoms with Crippen molar-refractivity contribution in [2.45, 2.75) is 25.3 Å². The molecule has 0 fully saturated rings. The van der Waals surface area contributed by atoms with Crippen LogP contribution in [0.15, 0.2) is 11.0 Å². The molecule has 0 aliphatic carbocycles. The van der Waals surface area contributed by atoms with Crippen LogP contribution < -0.4 is 10.1 Å². The van der Waals surface area contributed by atoms with Crippen LogP contribution in [0, 0.1) is 6.92 Å². The molecule has 0 saturated heterocycles. The number of hydrogen-bond donors (Lipinski definition) is 2. The van der Waals surface area contributed by atoms with Gasteiger partial charge in [-0.15, -0.1) is 16.2 Å². The largest absolute Gasteiger partial charge is 0.312 e. The fourth-order valence-corrected chi connectivity index (χ4v) is 4.10. The molecule has 0 aromatic carbocycles. The summed E-state index contributed by atoms with van der Waals surface area (Å²) in [6.45, 7) is 5.42. The summed E-state index contributed by atoms with van der Waals surface area (Å²) in [6.07, 6.45) is 0. The summed E-state index contributed by atoms with van der Waals surface area (Å²) in [5, 5.41) is 4.61. The lowest BCUT2D eigenvalue weighted by Gasteiger charge is -2.11. The third-order valence-electron chi connectivity index (χ3n) is 2.06. The highest BCUT2D eigenvalue weighted by atomic mass is 32.2. The third-order valence-corrected chi connectivity index (χ3v) is 4.85. The normalized spacial score (nSPS) is 12.3. The Balaban J connectivity index is 2.94. The van der Waals surface area contributed by atoms with Gasteiger partial charge in [0.15, 0.2) is 0 Å². The lowest BCUT2D eigenvalue weighted by Crippen LogP contribution is -2.36. The average Bonchev–Trinajstić information content (AvgIpc) is 2.55. The molecule has 1 aromatic rings. The quantitative estimate of drug-likeness (QED) is 0.759. The third kappa shape index (κ3) is 4.04. The first-order valence-corrected chi connectivity index (χ1v) is 7.66. The smallest absolute Gasteiger partial charge is 0.254 e. The van der Waals surface area contributed by atoms with E-state index in [-0.39, 0.29) is 0 Å². The van der Waals surface area contributed by atoms with Gasteiger partial charge in [0, 0.05) is 30.4 Å². The molecule has 0 unspecified atom stereocenters. The zero-order chi connectivity index (χ0) is 13.1. The van der Waals surface area contributed by atoms with Crippen LogP contribution in [-0.2, 0) is 16.6 Å². The minimum atomic E-state index is -3.44. The van der Waals surface area contributed by atoms with Crippen LogP contribution in [0.3, 0.4) is 0 Å². The highest BCUT2D eigenvalue weighted by Crippen LogP contribution is 2.25. The molecule has 1 aromatic heterocycles. The molecule has 17 heavy (non-hydrogen) atoms. The number of sulfonamides is 1. The van der Waals surface area contributed by atoms with Crippen molar-refractivity contribution in [3.63, 3.8) is 0 Å². The number of hydrogen-bond acceptors (Lipinski definition) is 5. The van der Waals surface area contributed by atoms with E-state index < -0.39 is 10.0 Å².